The van der Waals surface area contributed by atoms with Crippen LogP contribution < -0.4 is 5.56 Å². The predicted molar refractivity (Wildman–Crippen MR) is 104 cm³/mol. The minimum Gasteiger partial charge on any atom is -0.342 e. The van der Waals surface area contributed by atoms with Crippen LogP contribution in [0.15, 0.2) is 47.3 Å². The number of nitrogens with zero attached hydrogens (tertiary/aromatic N) is 3. The zero-order valence-electron chi connectivity index (χ0n) is 15.7. The molecular formula is C22H23N3O3. The van der Waals surface area contributed by atoms with Gasteiger partial charge in [0.1, 0.15) is 0 Å². The van der Waals surface area contributed by atoms with Crippen LogP contribution in [0, 0.1) is 5.92 Å². The van der Waals surface area contributed by atoms with Crippen LogP contribution in [0.4, 0.5) is 0 Å². The summed E-state index contributed by atoms with van der Waals surface area (Å²) < 4.78 is 1.88. The Balaban J connectivity index is 1.24. The zero-order chi connectivity index (χ0) is 19.3. The molecule has 28 heavy (non-hydrogen) atoms. The van der Waals surface area contributed by atoms with E-state index >= 15 is 0 Å². The lowest BCUT2D eigenvalue weighted by Gasteiger charge is -2.42. The van der Waals surface area contributed by atoms with Crippen molar-refractivity contribution in [3.8, 4) is 0 Å². The molecule has 0 aliphatic carbocycles. The fourth-order valence-electron chi connectivity index (χ4n) is 4.98. The number of hydrogen-bond acceptors (Lipinski definition) is 3. The predicted octanol–water partition coefficient (Wildman–Crippen LogP) is 1.84. The van der Waals surface area contributed by atoms with Gasteiger partial charge in [0, 0.05) is 62.4 Å². The van der Waals surface area contributed by atoms with Crippen molar-refractivity contribution >= 4 is 11.8 Å². The van der Waals surface area contributed by atoms with Gasteiger partial charge in [0.05, 0.1) is 0 Å². The maximum atomic E-state index is 12.9. The molecule has 1 aromatic heterocycles. The van der Waals surface area contributed by atoms with Crippen molar-refractivity contribution < 1.29 is 9.59 Å². The molecule has 1 saturated heterocycles. The monoisotopic (exact) mass is 377 g/mol. The Kier molecular flexibility index (Phi) is 4.07. The van der Waals surface area contributed by atoms with E-state index in [1.807, 2.05) is 45.9 Å². The van der Waals surface area contributed by atoms with Crippen molar-refractivity contribution in [3.63, 3.8) is 0 Å². The van der Waals surface area contributed by atoms with Crippen molar-refractivity contribution in [2.75, 3.05) is 19.6 Å². The second-order valence-electron chi connectivity index (χ2n) is 8.13. The molecule has 2 amide bonds. The lowest BCUT2D eigenvalue weighted by Crippen LogP contribution is -2.49. The number of pyridine rings is 1. The Morgan fingerprint density at radius 2 is 1.86 bits per heavy atom. The summed E-state index contributed by atoms with van der Waals surface area (Å²) >= 11 is 0. The van der Waals surface area contributed by atoms with Crippen LogP contribution in [0.25, 0.3) is 0 Å². The van der Waals surface area contributed by atoms with Gasteiger partial charge in [-0.2, -0.15) is 0 Å². The molecule has 6 nitrogen and oxygen atoms in total. The van der Waals surface area contributed by atoms with Gasteiger partial charge in [-0.25, -0.2) is 0 Å². The molecule has 0 unspecified atom stereocenters. The van der Waals surface area contributed by atoms with Gasteiger partial charge in [-0.1, -0.05) is 24.3 Å². The Morgan fingerprint density at radius 3 is 2.71 bits per heavy atom. The van der Waals surface area contributed by atoms with Crippen LogP contribution in [0.3, 0.4) is 0 Å². The van der Waals surface area contributed by atoms with E-state index in [1.165, 1.54) is 0 Å². The SMILES string of the molecule is O=C(CCN1Cc2ccccc2C1=O)N1C[C@H]2C[C@@H](C1)c1cccc(=O)n1C2. The standard InChI is InChI=1S/C22H23N3O3/c26-20(8-9-23-13-16-4-1-2-5-18(16)22(23)28)24-11-15-10-17(14-24)19-6-3-7-21(27)25(19)12-15/h1-7,15,17H,8-14H2/t15-,17+/m1/s1. The molecule has 4 heterocycles. The summed E-state index contributed by atoms with van der Waals surface area (Å²) in [5, 5.41) is 0. The molecule has 1 aromatic carbocycles. The number of rotatable bonds is 3. The summed E-state index contributed by atoms with van der Waals surface area (Å²) in [5.74, 6) is 0.674. The van der Waals surface area contributed by atoms with E-state index in [-0.39, 0.29) is 23.3 Å². The second kappa shape index (κ2) is 6.62. The first kappa shape index (κ1) is 17.2. The molecule has 2 aromatic rings. The quantitative estimate of drug-likeness (QED) is 0.820. The minimum absolute atomic E-state index is 0.0206. The van der Waals surface area contributed by atoms with E-state index in [4.69, 9.17) is 0 Å². The van der Waals surface area contributed by atoms with Gasteiger partial charge in [0.25, 0.3) is 11.5 Å². The zero-order valence-corrected chi connectivity index (χ0v) is 15.7. The number of benzene rings is 1. The third-order valence-electron chi connectivity index (χ3n) is 6.32. The lowest BCUT2D eigenvalue weighted by molar-refractivity contribution is -0.134. The summed E-state index contributed by atoms with van der Waals surface area (Å²) in [6, 6.07) is 13.1. The highest BCUT2D eigenvalue weighted by Gasteiger charge is 2.36. The Labute approximate surface area is 163 Å². The number of aromatic nitrogens is 1. The molecule has 1 fully saturated rings. The van der Waals surface area contributed by atoms with Crippen LogP contribution in [-0.2, 0) is 17.9 Å². The van der Waals surface area contributed by atoms with Crippen molar-refractivity contribution in [3.05, 3.63) is 69.6 Å². The van der Waals surface area contributed by atoms with Gasteiger partial charge in [-0.05, 0) is 30.0 Å². The van der Waals surface area contributed by atoms with Crippen LogP contribution in [-0.4, -0.2) is 45.8 Å². The van der Waals surface area contributed by atoms with Crippen molar-refractivity contribution in [2.45, 2.75) is 31.8 Å². The van der Waals surface area contributed by atoms with Crippen molar-refractivity contribution in [2.24, 2.45) is 5.92 Å². The first-order chi connectivity index (χ1) is 13.6. The van der Waals surface area contributed by atoms with Crippen LogP contribution in [0.2, 0.25) is 0 Å². The van der Waals surface area contributed by atoms with E-state index in [2.05, 4.69) is 0 Å². The largest absolute Gasteiger partial charge is 0.342 e. The van der Waals surface area contributed by atoms with E-state index < -0.39 is 0 Å². The molecule has 0 N–H and O–H groups in total. The minimum atomic E-state index is 0.0206. The Morgan fingerprint density at radius 1 is 1.00 bits per heavy atom. The molecule has 3 aliphatic rings. The summed E-state index contributed by atoms with van der Waals surface area (Å²) in [5.41, 5.74) is 2.89. The Bertz CT molecular complexity index is 1010. The highest BCUT2D eigenvalue weighted by Crippen LogP contribution is 2.35. The summed E-state index contributed by atoms with van der Waals surface area (Å²) in [6.07, 6.45) is 1.38. The number of carbonyl (C=O) groups is 2. The molecule has 0 spiro atoms. The molecule has 144 valence electrons. The average molecular weight is 377 g/mol. The number of hydrogen-bond donors (Lipinski definition) is 0. The van der Waals surface area contributed by atoms with Crippen LogP contribution >= 0.6 is 0 Å². The second-order valence-corrected chi connectivity index (χ2v) is 8.13. The van der Waals surface area contributed by atoms with E-state index in [0.29, 0.717) is 45.1 Å². The van der Waals surface area contributed by atoms with E-state index in [1.54, 1.807) is 11.0 Å². The molecule has 6 heteroatoms. The van der Waals surface area contributed by atoms with Gasteiger partial charge >= 0.3 is 0 Å². The third-order valence-corrected chi connectivity index (χ3v) is 6.32. The topological polar surface area (TPSA) is 62.6 Å². The maximum absolute atomic E-state index is 12.9. The summed E-state index contributed by atoms with van der Waals surface area (Å²) in [6.45, 7) is 3.09. The van der Waals surface area contributed by atoms with E-state index in [0.717, 1.165) is 23.2 Å². The van der Waals surface area contributed by atoms with E-state index in [9.17, 15) is 14.4 Å². The normalized spacial score (nSPS) is 22.8. The number of fused-ring (bicyclic) bond motifs is 5. The number of amides is 2. The molecule has 0 saturated carbocycles. The van der Waals surface area contributed by atoms with Crippen LogP contribution in [0.5, 0.6) is 0 Å². The Hall–Kier alpha value is -2.89. The fraction of sp³-hybridized carbons (Fsp3) is 0.409. The lowest BCUT2D eigenvalue weighted by atomic mass is 9.83. The van der Waals surface area contributed by atoms with Crippen LogP contribution in [0.1, 0.15) is 40.4 Å². The van der Waals surface area contributed by atoms with Crippen molar-refractivity contribution in [1.82, 2.24) is 14.4 Å². The first-order valence-corrected chi connectivity index (χ1v) is 9.95. The van der Waals surface area contributed by atoms with Gasteiger partial charge in [0.2, 0.25) is 5.91 Å². The maximum Gasteiger partial charge on any atom is 0.254 e. The number of piperidine rings is 1. The number of likely N-dealkylation sites (tertiary alicyclic amines) is 1. The smallest absolute Gasteiger partial charge is 0.254 e. The molecule has 2 bridgehead atoms. The van der Waals surface area contributed by atoms with Crippen molar-refractivity contribution in [1.29, 1.82) is 0 Å². The summed E-state index contributed by atoms with van der Waals surface area (Å²) in [4.78, 5) is 41.2. The molecule has 2 atom stereocenters. The molecule has 3 aliphatic heterocycles. The average Bonchev–Trinajstić information content (AvgIpc) is 3.03. The molecule has 5 rings (SSSR count). The van der Waals surface area contributed by atoms with Gasteiger partial charge < -0.3 is 14.4 Å². The van der Waals surface area contributed by atoms with Gasteiger partial charge in [-0.3, -0.25) is 14.4 Å². The molecule has 0 radical (unpaired) electrons. The molecular weight excluding hydrogens is 354 g/mol. The summed E-state index contributed by atoms with van der Waals surface area (Å²) in [7, 11) is 0. The van der Waals surface area contributed by atoms with Gasteiger partial charge in [-0.15, -0.1) is 0 Å². The highest BCUT2D eigenvalue weighted by atomic mass is 16.2. The van der Waals surface area contributed by atoms with Gasteiger partial charge in [0.15, 0.2) is 0 Å². The fourth-order valence-corrected chi connectivity index (χ4v) is 4.98. The number of carbonyl (C=O) groups excluding carboxylic acids is 2. The third kappa shape index (κ3) is 2.84. The first-order valence-electron chi connectivity index (χ1n) is 9.95. The highest BCUT2D eigenvalue weighted by molar-refractivity contribution is 5.98.